The predicted molar refractivity (Wildman–Crippen MR) is 71.2 cm³/mol. The van der Waals surface area contributed by atoms with E-state index in [-0.39, 0.29) is 5.75 Å². The lowest BCUT2D eigenvalue weighted by atomic mass is 10.2. The van der Waals surface area contributed by atoms with Crippen LogP contribution in [0.3, 0.4) is 0 Å². The summed E-state index contributed by atoms with van der Waals surface area (Å²) in [4.78, 5) is 4.31. The molecule has 1 heterocycles. The molecule has 0 fully saturated rings. The van der Waals surface area contributed by atoms with Gasteiger partial charge in [0, 0.05) is 16.8 Å². The molecule has 0 atom stereocenters. The van der Waals surface area contributed by atoms with Gasteiger partial charge in [-0.15, -0.1) is 0 Å². The van der Waals surface area contributed by atoms with Gasteiger partial charge in [-0.1, -0.05) is 5.16 Å². The van der Waals surface area contributed by atoms with Crippen molar-refractivity contribution in [2.45, 2.75) is 0 Å². The van der Waals surface area contributed by atoms with Crippen molar-refractivity contribution in [1.82, 2.24) is 10.1 Å². The van der Waals surface area contributed by atoms with Crippen molar-refractivity contribution < 1.29 is 9.63 Å². The fourth-order valence-electron chi connectivity index (χ4n) is 1.69. The molecule has 0 aliphatic rings. The smallest absolute Gasteiger partial charge is 0.258 e. The number of rotatable bonds is 2. The monoisotopic (exact) mass is 253 g/mol. The van der Waals surface area contributed by atoms with Crippen molar-refractivity contribution in [3.05, 3.63) is 48.5 Å². The van der Waals surface area contributed by atoms with Gasteiger partial charge in [-0.2, -0.15) is 4.98 Å². The number of anilines is 1. The van der Waals surface area contributed by atoms with Gasteiger partial charge >= 0.3 is 0 Å². The first kappa shape index (κ1) is 11.3. The highest BCUT2D eigenvalue weighted by atomic mass is 16.5. The average molecular weight is 253 g/mol. The summed E-state index contributed by atoms with van der Waals surface area (Å²) >= 11 is 0. The van der Waals surface area contributed by atoms with Crippen LogP contribution in [0.1, 0.15) is 0 Å². The molecule has 3 aromatic rings. The van der Waals surface area contributed by atoms with E-state index in [1.54, 1.807) is 36.4 Å². The lowest BCUT2D eigenvalue weighted by molar-refractivity contribution is 0.432. The first-order valence-corrected chi connectivity index (χ1v) is 5.71. The Kier molecular flexibility index (Phi) is 2.64. The number of nitrogen functional groups attached to an aromatic ring is 1. The summed E-state index contributed by atoms with van der Waals surface area (Å²) in [6.45, 7) is 0. The Bertz CT molecular complexity index is 627. The maximum Gasteiger partial charge on any atom is 0.258 e. The lowest BCUT2D eigenvalue weighted by Gasteiger charge is -1.95. The van der Waals surface area contributed by atoms with Crippen LogP contribution in [0, 0.1) is 0 Å². The van der Waals surface area contributed by atoms with Crippen LogP contribution in [0.4, 0.5) is 5.69 Å². The standard InChI is InChI=1S/C14H11N3O2/c15-11-5-1-10(2-6-11)14-16-13(17-19-14)9-3-7-12(18)8-4-9/h1-8,18H,15H2. The Balaban J connectivity index is 1.95. The van der Waals surface area contributed by atoms with Crippen LogP contribution in [0.25, 0.3) is 22.8 Å². The summed E-state index contributed by atoms with van der Waals surface area (Å²) in [6.07, 6.45) is 0. The summed E-state index contributed by atoms with van der Waals surface area (Å²) in [5.74, 6) is 1.11. The van der Waals surface area contributed by atoms with E-state index in [1.165, 1.54) is 0 Å². The molecule has 0 unspecified atom stereocenters. The molecule has 94 valence electrons. The van der Waals surface area contributed by atoms with Gasteiger partial charge in [-0.05, 0) is 48.5 Å². The largest absolute Gasteiger partial charge is 0.508 e. The highest BCUT2D eigenvalue weighted by Crippen LogP contribution is 2.23. The SMILES string of the molecule is Nc1ccc(-c2nc(-c3ccc(O)cc3)no2)cc1. The molecule has 0 bridgehead atoms. The van der Waals surface area contributed by atoms with Gasteiger partial charge in [-0.25, -0.2) is 0 Å². The average Bonchev–Trinajstić information content (AvgIpc) is 2.90. The molecule has 5 heteroatoms. The normalized spacial score (nSPS) is 10.5. The van der Waals surface area contributed by atoms with Crippen LogP contribution < -0.4 is 5.73 Å². The Morgan fingerprint density at radius 2 is 1.53 bits per heavy atom. The van der Waals surface area contributed by atoms with E-state index in [2.05, 4.69) is 10.1 Å². The minimum absolute atomic E-state index is 0.200. The van der Waals surface area contributed by atoms with Crippen LogP contribution in [0.15, 0.2) is 53.1 Å². The molecule has 0 aliphatic carbocycles. The van der Waals surface area contributed by atoms with Crippen LogP contribution >= 0.6 is 0 Å². The van der Waals surface area contributed by atoms with Crippen LogP contribution in [-0.2, 0) is 0 Å². The third-order valence-electron chi connectivity index (χ3n) is 2.71. The van der Waals surface area contributed by atoms with Crippen molar-refractivity contribution in [2.75, 3.05) is 5.73 Å². The number of aromatic hydroxyl groups is 1. The Morgan fingerprint density at radius 3 is 2.21 bits per heavy atom. The number of hydrogen-bond acceptors (Lipinski definition) is 5. The topological polar surface area (TPSA) is 85.2 Å². The number of nitrogens with zero attached hydrogens (tertiary/aromatic N) is 2. The molecule has 0 spiro atoms. The van der Waals surface area contributed by atoms with E-state index in [0.717, 1.165) is 11.1 Å². The minimum atomic E-state index is 0.200. The number of aromatic nitrogens is 2. The quantitative estimate of drug-likeness (QED) is 0.686. The molecular formula is C14H11N3O2. The van der Waals surface area contributed by atoms with E-state index in [9.17, 15) is 5.11 Å². The third kappa shape index (κ3) is 2.26. The van der Waals surface area contributed by atoms with Gasteiger partial charge < -0.3 is 15.4 Å². The highest BCUT2D eigenvalue weighted by molar-refractivity contribution is 5.61. The second-order valence-electron chi connectivity index (χ2n) is 4.09. The van der Waals surface area contributed by atoms with Gasteiger partial charge in [-0.3, -0.25) is 0 Å². The molecular weight excluding hydrogens is 242 g/mol. The first-order valence-electron chi connectivity index (χ1n) is 5.71. The van der Waals surface area contributed by atoms with Crippen LogP contribution in [0.5, 0.6) is 5.75 Å². The molecule has 0 saturated heterocycles. The molecule has 0 aliphatic heterocycles. The first-order chi connectivity index (χ1) is 9.22. The summed E-state index contributed by atoms with van der Waals surface area (Å²) in [6, 6.07) is 13.8. The van der Waals surface area contributed by atoms with E-state index in [4.69, 9.17) is 10.3 Å². The summed E-state index contributed by atoms with van der Waals surface area (Å²) in [5.41, 5.74) is 7.90. The third-order valence-corrected chi connectivity index (χ3v) is 2.71. The summed E-state index contributed by atoms with van der Waals surface area (Å²) < 4.78 is 5.21. The van der Waals surface area contributed by atoms with Gasteiger partial charge in [0.15, 0.2) is 0 Å². The second kappa shape index (κ2) is 4.45. The fraction of sp³-hybridized carbons (Fsp3) is 0. The molecule has 5 nitrogen and oxygen atoms in total. The van der Waals surface area contributed by atoms with Gasteiger partial charge in [0.2, 0.25) is 5.82 Å². The minimum Gasteiger partial charge on any atom is -0.508 e. The van der Waals surface area contributed by atoms with Gasteiger partial charge in [0.05, 0.1) is 0 Å². The predicted octanol–water partition coefficient (Wildman–Crippen LogP) is 2.69. The van der Waals surface area contributed by atoms with Gasteiger partial charge in [0.1, 0.15) is 5.75 Å². The Labute approximate surface area is 109 Å². The molecule has 19 heavy (non-hydrogen) atoms. The Hall–Kier alpha value is -2.82. The molecule has 0 amide bonds. The van der Waals surface area contributed by atoms with E-state index >= 15 is 0 Å². The number of benzene rings is 2. The highest BCUT2D eigenvalue weighted by Gasteiger charge is 2.10. The van der Waals surface area contributed by atoms with E-state index in [1.807, 2.05) is 12.1 Å². The summed E-state index contributed by atoms with van der Waals surface area (Å²) in [7, 11) is 0. The maximum atomic E-state index is 9.24. The molecule has 0 saturated carbocycles. The fourth-order valence-corrected chi connectivity index (χ4v) is 1.69. The number of nitrogens with two attached hydrogens (primary N) is 1. The summed E-state index contributed by atoms with van der Waals surface area (Å²) in [5, 5.41) is 13.2. The van der Waals surface area contributed by atoms with Crippen molar-refractivity contribution in [1.29, 1.82) is 0 Å². The lowest BCUT2D eigenvalue weighted by Crippen LogP contribution is -1.84. The van der Waals surface area contributed by atoms with Gasteiger partial charge in [0.25, 0.3) is 5.89 Å². The van der Waals surface area contributed by atoms with Crippen LogP contribution in [0.2, 0.25) is 0 Å². The molecule has 3 rings (SSSR count). The van der Waals surface area contributed by atoms with Crippen molar-refractivity contribution in [3.8, 4) is 28.6 Å². The molecule has 1 aromatic heterocycles. The number of phenols is 1. The second-order valence-corrected chi connectivity index (χ2v) is 4.09. The van der Waals surface area contributed by atoms with Crippen molar-refractivity contribution >= 4 is 5.69 Å². The van der Waals surface area contributed by atoms with Crippen molar-refractivity contribution in [2.24, 2.45) is 0 Å². The molecule has 0 radical (unpaired) electrons. The molecule has 2 aromatic carbocycles. The zero-order chi connectivity index (χ0) is 13.2. The zero-order valence-electron chi connectivity index (χ0n) is 9.95. The van der Waals surface area contributed by atoms with E-state index in [0.29, 0.717) is 17.4 Å². The van der Waals surface area contributed by atoms with Crippen LogP contribution in [-0.4, -0.2) is 15.2 Å². The Morgan fingerprint density at radius 1 is 0.895 bits per heavy atom. The van der Waals surface area contributed by atoms with Crippen molar-refractivity contribution in [3.63, 3.8) is 0 Å². The maximum absolute atomic E-state index is 9.24. The number of phenolic OH excluding ortho intramolecular Hbond substituents is 1. The zero-order valence-corrected chi connectivity index (χ0v) is 9.95. The molecule has 3 N–H and O–H groups in total. The number of hydrogen-bond donors (Lipinski definition) is 2. The van der Waals surface area contributed by atoms with E-state index < -0.39 is 0 Å².